The van der Waals surface area contributed by atoms with Gasteiger partial charge in [0.15, 0.2) is 5.60 Å². The summed E-state index contributed by atoms with van der Waals surface area (Å²) in [5.74, 6) is -0.0369. The van der Waals surface area contributed by atoms with E-state index >= 15 is 0 Å². The highest BCUT2D eigenvalue weighted by Crippen LogP contribution is 2.32. The van der Waals surface area contributed by atoms with Crippen LogP contribution in [0.4, 0.5) is 0 Å². The molecule has 4 aliphatic heterocycles. The monoisotopic (exact) mass is 380 g/mol. The van der Waals surface area contributed by atoms with Crippen LogP contribution in [-0.2, 0) is 15.1 Å². The van der Waals surface area contributed by atoms with Crippen molar-refractivity contribution in [2.45, 2.75) is 37.4 Å². The minimum absolute atomic E-state index is 0. The number of carbonyl (C=O) groups excluding carboxylic acids is 1. The van der Waals surface area contributed by atoms with Crippen LogP contribution in [0.15, 0.2) is 30.3 Å². The molecule has 4 saturated heterocycles. The molecule has 1 N–H and O–H groups in total. The molecule has 2 unspecified atom stereocenters. The Labute approximate surface area is 161 Å². The highest BCUT2D eigenvalue weighted by atomic mass is 35.5. The molecular formula is C20H29ClN2O3. The summed E-state index contributed by atoms with van der Waals surface area (Å²) >= 11 is 0. The van der Waals surface area contributed by atoms with Gasteiger partial charge in [0.05, 0.1) is 0 Å². The second-order valence-corrected chi connectivity index (χ2v) is 7.79. The normalized spacial score (nSPS) is 30.4. The quantitative estimate of drug-likeness (QED) is 0.792. The molecule has 0 amide bonds. The lowest BCUT2D eigenvalue weighted by atomic mass is 9.85. The molecule has 6 heteroatoms. The van der Waals surface area contributed by atoms with E-state index < -0.39 is 11.6 Å². The second kappa shape index (κ2) is 8.26. The first-order chi connectivity index (χ1) is 12.1. The third-order valence-corrected chi connectivity index (χ3v) is 6.09. The molecule has 2 atom stereocenters. The smallest absolute Gasteiger partial charge is 0.344 e. The van der Waals surface area contributed by atoms with Gasteiger partial charge in [0, 0.05) is 13.1 Å². The first-order valence-corrected chi connectivity index (χ1v) is 9.59. The predicted octanol–water partition coefficient (Wildman–Crippen LogP) is 2.03. The standard InChI is InChI=1S/C20H28N2O3.ClH/c23-19(25-18-14-21-12-8-16(18)9-13-21)20(24,15-22-10-4-5-11-22)17-6-2-1-3-7-17;/h1-3,6-7,16,18,24H,4-5,8-15H2;1H. The number of ether oxygens (including phenoxy) is 1. The Balaban J connectivity index is 0.00000196. The minimum Gasteiger partial charge on any atom is -0.458 e. The Morgan fingerprint density at radius 2 is 1.77 bits per heavy atom. The number of carbonyl (C=O) groups is 1. The van der Waals surface area contributed by atoms with E-state index in [2.05, 4.69) is 9.80 Å². The number of rotatable bonds is 5. The van der Waals surface area contributed by atoms with Crippen LogP contribution in [-0.4, -0.2) is 66.2 Å². The molecule has 26 heavy (non-hydrogen) atoms. The van der Waals surface area contributed by atoms with Gasteiger partial charge in [-0.05, 0) is 63.3 Å². The lowest BCUT2D eigenvalue weighted by molar-refractivity contribution is -0.183. The molecule has 5 nitrogen and oxygen atoms in total. The van der Waals surface area contributed by atoms with Crippen molar-refractivity contribution < 1.29 is 14.6 Å². The number of likely N-dealkylation sites (tertiary alicyclic amines) is 1. The fraction of sp³-hybridized carbons (Fsp3) is 0.650. The van der Waals surface area contributed by atoms with Crippen LogP contribution >= 0.6 is 12.4 Å². The molecular weight excluding hydrogens is 352 g/mol. The average Bonchev–Trinajstić information content (AvgIpc) is 3.16. The van der Waals surface area contributed by atoms with Gasteiger partial charge in [-0.3, -0.25) is 9.80 Å². The summed E-state index contributed by atoms with van der Waals surface area (Å²) in [5, 5.41) is 11.4. The van der Waals surface area contributed by atoms with E-state index in [0.29, 0.717) is 18.0 Å². The Morgan fingerprint density at radius 3 is 2.35 bits per heavy atom. The van der Waals surface area contributed by atoms with Gasteiger partial charge in [-0.1, -0.05) is 30.3 Å². The fourth-order valence-electron chi connectivity index (χ4n) is 4.53. The third kappa shape index (κ3) is 3.91. The van der Waals surface area contributed by atoms with Crippen LogP contribution in [0.5, 0.6) is 0 Å². The maximum Gasteiger partial charge on any atom is 0.344 e. The zero-order valence-corrected chi connectivity index (χ0v) is 16.0. The van der Waals surface area contributed by atoms with E-state index in [1.165, 1.54) is 0 Å². The summed E-state index contributed by atoms with van der Waals surface area (Å²) in [6.07, 6.45) is 4.35. The molecule has 1 aromatic carbocycles. The van der Waals surface area contributed by atoms with E-state index in [4.69, 9.17) is 4.74 Å². The molecule has 144 valence electrons. The first kappa shape index (κ1) is 19.6. The molecule has 0 aliphatic carbocycles. The summed E-state index contributed by atoms with van der Waals surface area (Å²) in [6.45, 7) is 5.21. The molecule has 2 bridgehead atoms. The number of piperidine rings is 3. The number of aliphatic hydroxyl groups is 1. The van der Waals surface area contributed by atoms with Gasteiger partial charge < -0.3 is 9.84 Å². The van der Waals surface area contributed by atoms with Crippen molar-refractivity contribution >= 4 is 18.4 Å². The van der Waals surface area contributed by atoms with Gasteiger partial charge in [0.25, 0.3) is 0 Å². The van der Waals surface area contributed by atoms with Gasteiger partial charge in [-0.25, -0.2) is 4.79 Å². The molecule has 0 saturated carbocycles. The maximum absolute atomic E-state index is 13.1. The topological polar surface area (TPSA) is 53.0 Å². The molecule has 4 aliphatic rings. The van der Waals surface area contributed by atoms with Gasteiger partial charge in [0.2, 0.25) is 0 Å². The van der Waals surface area contributed by atoms with Gasteiger partial charge >= 0.3 is 5.97 Å². The number of nitrogens with zero attached hydrogens (tertiary/aromatic N) is 2. The predicted molar refractivity (Wildman–Crippen MR) is 102 cm³/mol. The van der Waals surface area contributed by atoms with Crippen molar-refractivity contribution in [1.82, 2.24) is 9.80 Å². The van der Waals surface area contributed by atoms with Gasteiger partial charge in [-0.2, -0.15) is 0 Å². The summed E-state index contributed by atoms with van der Waals surface area (Å²) in [5.41, 5.74) is -0.953. The zero-order chi connectivity index (χ0) is 17.3. The molecule has 5 rings (SSSR count). The summed E-state index contributed by atoms with van der Waals surface area (Å²) in [6, 6.07) is 9.29. The number of hydrogen-bond donors (Lipinski definition) is 1. The fourth-order valence-corrected chi connectivity index (χ4v) is 4.53. The van der Waals surface area contributed by atoms with Crippen molar-refractivity contribution in [3.8, 4) is 0 Å². The third-order valence-electron chi connectivity index (χ3n) is 6.09. The molecule has 1 aromatic rings. The molecule has 4 heterocycles. The number of esters is 1. The lowest BCUT2D eigenvalue weighted by Gasteiger charge is -2.44. The van der Waals surface area contributed by atoms with E-state index in [9.17, 15) is 9.90 Å². The highest BCUT2D eigenvalue weighted by Gasteiger charge is 2.45. The molecule has 0 radical (unpaired) electrons. The van der Waals surface area contributed by atoms with E-state index in [-0.39, 0.29) is 18.5 Å². The summed E-state index contributed by atoms with van der Waals surface area (Å²) in [7, 11) is 0. The Morgan fingerprint density at radius 1 is 1.12 bits per heavy atom. The van der Waals surface area contributed by atoms with Crippen LogP contribution in [0.25, 0.3) is 0 Å². The van der Waals surface area contributed by atoms with E-state index in [1.807, 2.05) is 30.3 Å². The number of β-amino-alcohol motifs (C(OH)–C–C–N with tert-alkyl or cyclic N) is 1. The number of hydrogen-bond acceptors (Lipinski definition) is 5. The van der Waals surface area contributed by atoms with Crippen molar-refractivity contribution in [2.75, 3.05) is 39.3 Å². The van der Waals surface area contributed by atoms with Gasteiger partial charge in [0.1, 0.15) is 6.10 Å². The Hall–Kier alpha value is -1.14. The molecule has 0 spiro atoms. The largest absolute Gasteiger partial charge is 0.458 e. The summed E-state index contributed by atoms with van der Waals surface area (Å²) < 4.78 is 5.90. The molecule has 4 fully saturated rings. The van der Waals surface area contributed by atoms with Crippen molar-refractivity contribution in [3.05, 3.63) is 35.9 Å². The Bertz CT molecular complexity index is 600. The number of halogens is 1. The summed E-state index contributed by atoms with van der Waals surface area (Å²) in [4.78, 5) is 17.6. The second-order valence-electron chi connectivity index (χ2n) is 7.79. The van der Waals surface area contributed by atoms with E-state index in [1.54, 1.807) is 0 Å². The van der Waals surface area contributed by atoms with Crippen LogP contribution in [0.1, 0.15) is 31.2 Å². The van der Waals surface area contributed by atoms with Crippen LogP contribution in [0.2, 0.25) is 0 Å². The van der Waals surface area contributed by atoms with Crippen molar-refractivity contribution in [1.29, 1.82) is 0 Å². The van der Waals surface area contributed by atoms with Gasteiger partial charge in [-0.15, -0.1) is 12.4 Å². The van der Waals surface area contributed by atoms with Crippen molar-refractivity contribution in [2.24, 2.45) is 5.92 Å². The number of fused-ring (bicyclic) bond motifs is 3. The zero-order valence-electron chi connectivity index (χ0n) is 15.2. The Kier molecular flexibility index (Phi) is 6.23. The first-order valence-electron chi connectivity index (χ1n) is 9.59. The van der Waals surface area contributed by atoms with Crippen molar-refractivity contribution in [3.63, 3.8) is 0 Å². The SMILES string of the molecule is Cl.O=C(OC1CN2CCC1CC2)C(O)(CN1CCCC1)c1ccccc1. The minimum atomic E-state index is -1.59. The molecule has 0 aromatic heterocycles. The highest BCUT2D eigenvalue weighted by molar-refractivity contribution is 5.85. The maximum atomic E-state index is 13.1. The van der Waals surface area contributed by atoms with Crippen LogP contribution in [0, 0.1) is 5.92 Å². The van der Waals surface area contributed by atoms with Crippen LogP contribution in [0.3, 0.4) is 0 Å². The number of benzene rings is 1. The lowest BCUT2D eigenvalue weighted by Crippen LogP contribution is -2.55. The van der Waals surface area contributed by atoms with E-state index in [0.717, 1.165) is 58.4 Å². The van der Waals surface area contributed by atoms with Crippen LogP contribution < -0.4 is 0 Å². The average molecular weight is 381 g/mol.